The summed E-state index contributed by atoms with van der Waals surface area (Å²) in [6.45, 7) is 3.04. The fourth-order valence-corrected chi connectivity index (χ4v) is 3.39. The maximum absolute atomic E-state index is 12.5. The molecule has 0 N–H and O–H groups in total. The van der Waals surface area contributed by atoms with E-state index in [0.29, 0.717) is 18.8 Å². The van der Waals surface area contributed by atoms with E-state index in [0.717, 1.165) is 35.4 Å². The zero-order valence-corrected chi connectivity index (χ0v) is 15.9. The van der Waals surface area contributed by atoms with Crippen LogP contribution in [-0.4, -0.2) is 55.7 Å². The highest BCUT2D eigenvalue weighted by atomic mass is 16.5. The highest BCUT2D eigenvalue weighted by Crippen LogP contribution is 2.21. The number of carbonyl (C=O) groups is 1. The van der Waals surface area contributed by atoms with Gasteiger partial charge in [0.2, 0.25) is 0 Å². The number of fused-ring (bicyclic) bond motifs is 1. The molecule has 1 aliphatic rings. The van der Waals surface area contributed by atoms with Gasteiger partial charge < -0.3 is 19.3 Å². The number of amides is 1. The molecule has 0 atom stereocenters. The predicted octanol–water partition coefficient (Wildman–Crippen LogP) is 2.97. The van der Waals surface area contributed by atoms with Crippen molar-refractivity contribution in [1.82, 2.24) is 9.88 Å². The first-order chi connectivity index (χ1) is 13.7. The van der Waals surface area contributed by atoms with Crippen LogP contribution in [0.1, 0.15) is 0 Å². The topological polar surface area (TPSA) is 54.9 Å². The molecule has 0 unspecified atom stereocenters. The van der Waals surface area contributed by atoms with Gasteiger partial charge in [-0.25, -0.2) is 0 Å². The molecular formula is C22H23N3O3. The third-order valence-corrected chi connectivity index (χ3v) is 5.01. The quantitative estimate of drug-likeness (QED) is 0.684. The number of hydrogen-bond donors (Lipinski definition) is 0. The molecule has 6 heteroatoms. The molecule has 4 rings (SSSR count). The number of anilines is 1. The molecule has 1 fully saturated rings. The minimum absolute atomic E-state index is 0.0145. The van der Waals surface area contributed by atoms with E-state index in [2.05, 4.69) is 9.88 Å². The Balaban J connectivity index is 1.29. The van der Waals surface area contributed by atoms with Crippen molar-refractivity contribution in [2.24, 2.45) is 0 Å². The summed E-state index contributed by atoms with van der Waals surface area (Å²) < 4.78 is 10.9. The molecule has 144 valence electrons. The van der Waals surface area contributed by atoms with Crippen LogP contribution < -0.4 is 14.4 Å². The maximum atomic E-state index is 12.5. The summed E-state index contributed by atoms with van der Waals surface area (Å²) >= 11 is 0. The van der Waals surface area contributed by atoms with Gasteiger partial charge in [-0.2, -0.15) is 0 Å². The van der Waals surface area contributed by atoms with E-state index >= 15 is 0 Å². The molecule has 1 saturated heterocycles. The van der Waals surface area contributed by atoms with Gasteiger partial charge >= 0.3 is 0 Å². The lowest BCUT2D eigenvalue weighted by Crippen LogP contribution is -2.50. The molecule has 0 saturated carbocycles. The first-order valence-corrected chi connectivity index (χ1v) is 9.37. The van der Waals surface area contributed by atoms with E-state index in [9.17, 15) is 4.79 Å². The van der Waals surface area contributed by atoms with Crippen LogP contribution in [0.5, 0.6) is 11.5 Å². The molecule has 2 heterocycles. The number of carbonyl (C=O) groups excluding carboxylic acids is 1. The van der Waals surface area contributed by atoms with Crippen LogP contribution in [0, 0.1) is 0 Å². The molecule has 28 heavy (non-hydrogen) atoms. The van der Waals surface area contributed by atoms with Crippen LogP contribution in [0.4, 0.5) is 5.69 Å². The fourth-order valence-electron chi connectivity index (χ4n) is 3.39. The highest BCUT2D eigenvalue weighted by Gasteiger charge is 2.21. The first-order valence-electron chi connectivity index (χ1n) is 9.37. The molecular weight excluding hydrogens is 354 g/mol. The Labute approximate surface area is 164 Å². The lowest BCUT2D eigenvalue weighted by molar-refractivity contribution is -0.133. The molecule has 1 aromatic heterocycles. The van der Waals surface area contributed by atoms with Crippen molar-refractivity contribution in [2.75, 3.05) is 44.8 Å². The number of pyridine rings is 1. The second-order valence-electron chi connectivity index (χ2n) is 6.71. The van der Waals surface area contributed by atoms with Crippen molar-refractivity contribution in [1.29, 1.82) is 0 Å². The molecule has 0 radical (unpaired) electrons. The Kier molecular flexibility index (Phi) is 5.28. The SMILES string of the molecule is COc1ccc(N2CCN(C(=O)COc3ccc4ncccc4c3)CC2)cc1. The van der Waals surface area contributed by atoms with Gasteiger partial charge in [0.15, 0.2) is 6.61 Å². The van der Waals surface area contributed by atoms with E-state index in [1.54, 1.807) is 13.3 Å². The standard InChI is InChI=1S/C22H23N3O3/c1-27-19-6-4-18(5-7-19)24-11-13-25(14-12-24)22(26)16-28-20-8-9-21-17(15-20)3-2-10-23-21/h2-10,15H,11-14,16H2,1H3. The summed E-state index contributed by atoms with van der Waals surface area (Å²) in [5.74, 6) is 1.55. The third-order valence-electron chi connectivity index (χ3n) is 5.01. The van der Waals surface area contributed by atoms with Gasteiger partial charge in [-0.1, -0.05) is 6.07 Å². The first kappa shape index (κ1) is 18.1. The van der Waals surface area contributed by atoms with Crippen molar-refractivity contribution in [3.63, 3.8) is 0 Å². The van der Waals surface area contributed by atoms with Crippen molar-refractivity contribution >= 4 is 22.5 Å². The highest BCUT2D eigenvalue weighted by molar-refractivity contribution is 5.81. The maximum Gasteiger partial charge on any atom is 0.260 e. The smallest absolute Gasteiger partial charge is 0.260 e. The van der Waals surface area contributed by atoms with E-state index in [1.165, 1.54) is 0 Å². The van der Waals surface area contributed by atoms with Gasteiger partial charge in [-0.15, -0.1) is 0 Å². The van der Waals surface area contributed by atoms with Crippen molar-refractivity contribution in [3.05, 3.63) is 60.8 Å². The van der Waals surface area contributed by atoms with Crippen molar-refractivity contribution in [3.8, 4) is 11.5 Å². The van der Waals surface area contributed by atoms with Gasteiger partial charge in [-0.3, -0.25) is 9.78 Å². The number of methoxy groups -OCH3 is 1. The molecule has 2 aromatic carbocycles. The lowest BCUT2D eigenvalue weighted by atomic mass is 10.2. The van der Waals surface area contributed by atoms with Gasteiger partial charge in [0.25, 0.3) is 5.91 Å². The molecule has 0 bridgehead atoms. The van der Waals surface area contributed by atoms with Crippen LogP contribution in [-0.2, 0) is 4.79 Å². The summed E-state index contributed by atoms with van der Waals surface area (Å²) in [7, 11) is 1.66. The van der Waals surface area contributed by atoms with Crippen LogP contribution in [0.3, 0.4) is 0 Å². The zero-order chi connectivity index (χ0) is 19.3. The lowest BCUT2D eigenvalue weighted by Gasteiger charge is -2.36. The second kappa shape index (κ2) is 8.17. The minimum atomic E-state index is 0.0145. The summed E-state index contributed by atoms with van der Waals surface area (Å²) in [5, 5.41) is 1.00. The average molecular weight is 377 g/mol. The van der Waals surface area contributed by atoms with E-state index in [1.807, 2.05) is 59.5 Å². The largest absolute Gasteiger partial charge is 0.497 e. The number of piperazine rings is 1. The summed E-state index contributed by atoms with van der Waals surface area (Å²) in [4.78, 5) is 20.9. The number of hydrogen-bond acceptors (Lipinski definition) is 5. The number of nitrogens with zero attached hydrogens (tertiary/aromatic N) is 3. The Morgan fingerprint density at radius 3 is 2.50 bits per heavy atom. The van der Waals surface area contributed by atoms with Crippen LogP contribution in [0.15, 0.2) is 60.8 Å². The van der Waals surface area contributed by atoms with Crippen molar-refractivity contribution < 1.29 is 14.3 Å². The number of aromatic nitrogens is 1. The van der Waals surface area contributed by atoms with Crippen molar-refractivity contribution in [2.45, 2.75) is 0 Å². The third kappa shape index (κ3) is 4.01. The molecule has 0 aliphatic carbocycles. The number of rotatable bonds is 5. The average Bonchev–Trinajstić information content (AvgIpc) is 2.77. The zero-order valence-electron chi connectivity index (χ0n) is 15.9. The Hall–Kier alpha value is -3.28. The molecule has 3 aromatic rings. The molecule has 1 amide bonds. The van der Waals surface area contributed by atoms with Crippen LogP contribution in [0.2, 0.25) is 0 Å². The Bertz CT molecular complexity index is 951. The van der Waals surface area contributed by atoms with E-state index in [-0.39, 0.29) is 12.5 Å². The Morgan fingerprint density at radius 2 is 1.75 bits per heavy atom. The predicted molar refractivity (Wildman–Crippen MR) is 109 cm³/mol. The van der Waals surface area contributed by atoms with Crippen LogP contribution >= 0.6 is 0 Å². The summed E-state index contributed by atoms with van der Waals surface area (Å²) in [5.41, 5.74) is 2.06. The molecule has 0 spiro atoms. The van der Waals surface area contributed by atoms with Crippen LogP contribution in [0.25, 0.3) is 10.9 Å². The van der Waals surface area contributed by atoms with Gasteiger partial charge in [-0.05, 0) is 48.5 Å². The molecule has 6 nitrogen and oxygen atoms in total. The second-order valence-corrected chi connectivity index (χ2v) is 6.71. The molecule has 1 aliphatic heterocycles. The summed E-state index contributed by atoms with van der Waals surface area (Å²) in [6.07, 6.45) is 1.76. The fraction of sp³-hybridized carbons (Fsp3) is 0.273. The summed E-state index contributed by atoms with van der Waals surface area (Å²) in [6, 6.07) is 17.6. The monoisotopic (exact) mass is 377 g/mol. The van der Waals surface area contributed by atoms with E-state index < -0.39 is 0 Å². The van der Waals surface area contributed by atoms with Gasteiger partial charge in [0, 0.05) is 43.4 Å². The number of benzene rings is 2. The van der Waals surface area contributed by atoms with Gasteiger partial charge in [0.05, 0.1) is 12.6 Å². The van der Waals surface area contributed by atoms with E-state index in [4.69, 9.17) is 9.47 Å². The number of ether oxygens (including phenoxy) is 2. The van der Waals surface area contributed by atoms with Gasteiger partial charge in [0.1, 0.15) is 11.5 Å². The normalized spacial score (nSPS) is 14.2. The Morgan fingerprint density at radius 1 is 1.00 bits per heavy atom. The minimum Gasteiger partial charge on any atom is -0.497 e.